The first-order valence-corrected chi connectivity index (χ1v) is 14.3. The Kier molecular flexibility index (Phi) is 7.91. The Bertz CT molecular complexity index is 1250. The van der Waals surface area contributed by atoms with Crippen molar-refractivity contribution in [3.63, 3.8) is 0 Å². The van der Waals surface area contributed by atoms with E-state index in [-0.39, 0.29) is 24.8 Å². The lowest BCUT2D eigenvalue weighted by atomic mass is 9.58. The zero-order valence-electron chi connectivity index (χ0n) is 24.5. The highest BCUT2D eigenvalue weighted by Crippen LogP contribution is 2.77. The van der Waals surface area contributed by atoms with E-state index in [1.807, 2.05) is 27.7 Å². The van der Waals surface area contributed by atoms with Crippen LogP contribution in [-0.4, -0.2) is 62.6 Å². The summed E-state index contributed by atoms with van der Waals surface area (Å²) >= 11 is 0. The average Bonchev–Trinajstić information content (AvgIpc) is 3.30. The molecule has 2 saturated carbocycles. The molecular weight excluding hydrogens is 532 g/mol. The van der Waals surface area contributed by atoms with E-state index in [1.54, 1.807) is 26.0 Å². The SMILES string of the molecule is CCCC(=O)O[C@@H]1[C@@H](C)[C@]2(O)[C@@H]3C=C(C)[C@H](O/C(O)=C\[N+]#N)[C@@]3(O)CC(C=O)=C[C@H]2[C@@H]2C(C)(C)[C@]12OC(=O)CCC. The van der Waals surface area contributed by atoms with Crippen molar-refractivity contribution < 1.29 is 43.9 Å². The molecular formula is C30H41N2O9+. The number of carbonyl (C=O) groups is 3. The van der Waals surface area contributed by atoms with Crippen molar-refractivity contribution in [2.24, 2.45) is 29.1 Å². The van der Waals surface area contributed by atoms with Gasteiger partial charge in [0.1, 0.15) is 18.0 Å². The lowest BCUT2D eigenvalue weighted by Crippen LogP contribution is -2.66. The topological polar surface area (TPSA) is 168 Å². The smallest absolute Gasteiger partial charge is 0.429 e. The van der Waals surface area contributed by atoms with Gasteiger partial charge in [0.2, 0.25) is 5.39 Å². The van der Waals surface area contributed by atoms with E-state index in [1.165, 1.54) is 0 Å². The van der Waals surface area contributed by atoms with Crippen molar-refractivity contribution >= 4 is 18.2 Å². The zero-order chi connectivity index (χ0) is 30.5. The van der Waals surface area contributed by atoms with E-state index in [0.29, 0.717) is 30.9 Å². The highest BCUT2D eigenvalue weighted by atomic mass is 16.6. The summed E-state index contributed by atoms with van der Waals surface area (Å²) < 4.78 is 17.9. The molecule has 0 aromatic rings. The van der Waals surface area contributed by atoms with Crippen LogP contribution in [-0.2, 0) is 28.6 Å². The number of hydrogen-bond acceptors (Lipinski definition) is 10. The zero-order valence-corrected chi connectivity index (χ0v) is 24.5. The molecule has 0 amide bonds. The maximum absolute atomic E-state index is 13.0. The van der Waals surface area contributed by atoms with Gasteiger partial charge in [-0.05, 0) is 30.9 Å². The molecule has 0 saturated heterocycles. The van der Waals surface area contributed by atoms with Gasteiger partial charge in [-0.1, -0.05) is 46.8 Å². The van der Waals surface area contributed by atoms with E-state index in [2.05, 4.69) is 4.98 Å². The summed E-state index contributed by atoms with van der Waals surface area (Å²) in [5.74, 6) is -4.94. The normalized spacial score (nSPS) is 40.3. The van der Waals surface area contributed by atoms with Gasteiger partial charge in [0.15, 0.2) is 16.7 Å². The first-order valence-electron chi connectivity index (χ1n) is 14.3. The fourth-order valence-electron chi connectivity index (χ4n) is 8.13. The Balaban J connectivity index is 1.91. The van der Waals surface area contributed by atoms with Crippen LogP contribution in [0.1, 0.15) is 73.6 Å². The van der Waals surface area contributed by atoms with Crippen LogP contribution in [0.5, 0.6) is 0 Å². The Morgan fingerprint density at radius 2 is 1.76 bits per heavy atom. The number of aliphatic hydroxyl groups excluding tert-OH is 1. The predicted molar refractivity (Wildman–Crippen MR) is 145 cm³/mol. The van der Waals surface area contributed by atoms with Gasteiger partial charge in [-0.3, -0.25) is 14.4 Å². The molecule has 4 aliphatic rings. The number of ether oxygens (including phenoxy) is 3. The van der Waals surface area contributed by atoms with Crippen LogP contribution < -0.4 is 0 Å². The van der Waals surface area contributed by atoms with Crippen LogP contribution in [0, 0.1) is 34.5 Å². The number of aldehydes is 1. The largest absolute Gasteiger partial charge is 0.476 e. The number of diazo groups is 1. The molecule has 0 radical (unpaired) electrons. The number of esters is 2. The molecule has 41 heavy (non-hydrogen) atoms. The molecule has 11 heteroatoms. The maximum atomic E-state index is 13.0. The second-order valence-electron chi connectivity index (χ2n) is 12.6. The second-order valence-corrected chi connectivity index (χ2v) is 12.6. The Morgan fingerprint density at radius 3 is 2.34 bits per heavy atom. The minimum atomic E-state index is -1.91. The van der Waals surface area contributed by atoms with Crippen molar-refractivity contribution in [2.45, 2.75) is 103 Å². The molecule has 0 aromatic heterocycles. The van der Waals surface area contributed by atoms with Crippen LogP contribution in [0.3, 0.4) is 0 Å². The van der Waals surface area contributed by atoms with E-state index >= 15 is 0 Å². The van der Waals surface area contributed by atoms with Crippen LogP contribution >= 0.6 is 0 Å². The maximum Gasteiger partial charge on any atom is 0.429 e. The van der Waals surface area contributed by atoms with Crippen LogP contribution in [0.25, 0.3) is 4.98 Å². The quantitative estimate of drug-likeness (QED) is 0.121. The molecule has 4 rings (SSSR count). The fraction of sp³-hybridized carbons (Fsp3) is 0.700. The van der Waals surface area contributed by atoms with Gasteiger partial charge < -0.3 is 29.5 Å². The molecule has 0 aromatic carbocycles. The highest BCUT2D eigenvalue weighted by molar-refractivity contribution is 5.75. The molecule has 11 nitrogen and oxygen atoms in total. The van der Waals surface area contributed by atoms with E-state index < -0.39 is 76.0 Å². The summed E-state index contributed by atoms with van der Waals surface area (Å²) in [4.78, 5) is 41.0. The van der Waals surface area contributed by atoms with Gasteiger partial charge in [0, 0.05) is 48.3 Å². The molecule has 0 aliphatic heterocycles. The number of rotatable bonds is 9. The van der Waals surface area contributed by atoms with Gasteiger partial charge in [-0.25, -0.2) is 0 Å². The van der Waals surface area contributed by atoms with E-state index in [0.717, 1.165) is 0 Å². The molecule has 0 bridgehead atoms. The van der Waals surface area contributed by atoms with E-state index in [9.17, 15) is 29.7 Å². The standard InChI is InChI=1S/C30H40N2O9/c1-7-9-21(34)39-26-17(4)29(38)19(24-27(5,6)30(24,26)41-22(35)10-8-2)12-18(15-33)13-28(37)20(29)11-16(3)25(28)40-23(36)14-32-31/h11-12,14-15,17,19-20,24-26,37-38H,7-10,13H2,1-6H3/p+1/b23-14-/t17-,19+,20-,24-,25+,26-,28-,29-,30-/m1/s1. The van der Waals surface area contributed by atoms with Gasteiger partial charge >= 0.3 is 24.1 Å². The van der Waals surface area contributed by atoms with Crippen molar-refractivity contribution in [3.05, 3.63) is 40.4 Å². The van der Waals surface area contributed by atoms with Gasteiger partial charge in [-0.15, -0.1) is 0 Å². The molecule has 0 spiro atoms. The average molecular weight is 574 g/mol. The summed E-state index contributed by atoms with van der Waals surface area (Å²) in [6.07, 6.45) is 3.51. The Hall–Kier alpha value is -3.23. The molecule has 0 unspecified atom stereocenters. The van der Waals surface area contributed by atoms with Gasteiger partial charge in [-0.2, -0.15) is 0 Å². The van der Waals surface area contributed by atoms with Crippen molar-refractivity contribution in [3.8, 4) is 0 Å². The summed E-state index contributed by atoms with van der Waals surface area (Å²) in [6.45, 7) is 10.8. The van der Waals surface area contributed by atoms with Crippen LogP contribution in [0.15, 0.2) is 35.4 Å². The van der Waals surface area contributed by atoms with Crippen LogP contribution in [0.4, 0.5) is 0 Å². The summed E-state index contributed by atoms with van der Waals surface area (Å²) in [6, 6.07) is 0. The number of aliphatic hydroxyl groups is 3. The molecule has 3 N–H and O–H groups in total. The monoisotopic (exact) mass is 573 g/mol. The lowest BCUT2D eigenvalue weighted by Gasteiger charge is -2.53. The fourth-order valence-corrected chi connectivity index (χ4v) is 8.13. The van der Waals surface area contributed by atoms with E-state index in [4.69, 9.17) is 19.6 Å². The molecule has 9 atom stereocenters. The second kappa shape index (κ2) is 10.6. The Morgan fingerprint density at radius 1 is 1.12 bits per heavy atom. The molecule has 0 heterocycles. The predicted octanol–water partition coefficient (Wildman–Crippen LogP) is 3.86. The van der Waals surface area contributed by atoms with Crippen LogP contribution in [0.2, 0.25) is 0 Å². The molecule has 224 valence electrons. The summed E-state index contributed by atoms with van der Waals surface area (Å²) in [5.41, 5.74) is -5.06. The first-order chi connectivity index (χ1) is 19.2. The Labute approximate surface area is 239 Å². The third-order valence-corrected chi connectivity index (χ3v) is 9.88. The first kappa shape index (κ1) is 30.7. The third kappa shape index (κ3) is 4.38. The number of hydrogen-bond donors (Lipinski definition) is 3. The molecule has 4 aliphatic carbocycles. The molecule has 2 fully saturated rings. The van der Waals surface area contributed by atoms with Crippen molar-refractivity contribution in [2.75, 3.05) is 0 Å². The lowest BCUT2D eigenvalue weighted by molar-refractivity contribution is -0.237. The summed E-state index contributed by atoms with van der Waals surface area (Å²) in [7, 11) is 0. The van der Waals surface area contributed by atoms with Gasteiger partial charge in [0.05, 0.1) is 5.60 Å². The van der Waals surface area contributed by atoms with Gasteiger partial charge in [0.25, 0.3) is 0 Å². The van der Waals surface area contributed by atoms with Crippen molar-refractivity contribution in [1.29, 1.82) is 5.39 Å². The third-order valence-electron chi connectivity index (χ3n) is 9.88. The number of fused-ring (bicyclic) bond motifs is 5. The highest BCUT2D eigenvalue weighted by Gasteiger charge is 2.88. The minimum absolute atomic E-state index is 0.133. The summed E-state index contributed by atoms with van der Waals surface area (Å²) in [5, 5.41) is 44.1. The van der Waals surface area contributed by atoms with Crippen molar-refractivity contribution in [1.82, 2.24) is 0 Å². The number of nitrogens with zero attached hydrogens (tertiary/aromatic N) is 2. The number of carbonyl (C=O) groups excluding carboxylic acids is 3. The minimum Gasteiger partial charge on any atom is -0.476 e.